The molecule has 8 heteroatoms. The molecule has 0 spiro atoms. The van der Waals surface area contributed by atoms with Crippen molar-refractivity contribution in [2.75, 3.05) is 18.0 Å². The fourth-order valence-electron chi connectivity index (χ4n) is 2.66. The number of benzene rings is 1. The van der Waals surface area contributed by atoms with Gasteiger partial charge in [-0.3, -0.25) is 14.3 Å². The monoisotopic (exact) mass is 347 g/mol. The molecular weight excluding hydrogens is 330 g/mol. The van der Waals surface area contributed by atoms with E-state index in [1.54, 1.807) is 34.1 Å². The SMILES string of the molecule is O=C(NCCCn1cncn1)c1ccc(Cl)c(N2CCCC2=O)c1. The molecule has 1 aliphatic rings. The third-order valence-electron chi connectivity index (χ3n) is 3.89. The van der Waals surface area contributed by atoms with Crippen LogP contribution in [-0.4, -0.2) is 39.7 Å². The molecule has 0 bridgehead atoms. The van der Waals surface area contributed by atoms with E-state index in [1.807, 2.05) is 0 Å². The number of aryl methyl sites for hydroxylation is 1. The lowest BCUT2D eigenvalue weighted by molar-refractivity contribution is -0.117. The second-order valence-corrected chi connectivity index (χ2v) is 5.99. The van der Waals surface area contributed by atoms with Crippen molar-refractivity contribution in [3.05, 3.63) is 41.4 Å². The Hall–Kier alpha value is -2.41. The summed E-state index contributed by atoms with van der Waals surface area (Å²) in [6.07, 6.45) is 5.21. The maximum Gasteiger partial charge on any atom is 0.251 e. The first-order valence-electron chi connectivity index (χ1n) is 7.85. The van der Waals surface area contributed by atoms with E-state index >= 15 is 0 Å². The van der Waals surface area contributed by atoms with Crippen LogP contribution >= 0.6 is 11.6 Å². The number of hydrogen-bond acceptors (Lipinski definition) is 4. The van der Waals surface area contributed by atoms with Crippen LogP contribution in [0.25, 0.3) is 0 Å². The summed E-state index contributed by atoms with van der Waals surface area (Å²) in [6.45, 7) is 1.86. The molecule has 2 aromatic rings. The zero-order valence-electron chi connectivity index (χ0n) is 13.1. The lowest BCUT2D eigenvalue weighted by Crippen LogP contribution is -2.27. The average Bonchev–Trinajstić information content (AvgIpc) is 3.23. The van der Waals surface area contributed by atoms with E-state index in [0.717, 1.165) is 12.8 Å². The Labute approximate surface area is 144 Å². The predicted molar refractivity (Wildman–Crippen MR) is 90.0 cm³/mol. The van der Waals surface area contributed by atoms with Gasteiger partial charge in [0.05, 0.1) is 10.7 Å². The molecule has 1 aromatic heterocycles. The highest BCUT2D eigenvalue weighted by molar-refractivity contribution is 6.34. The average molecular weight is 348 g/mol. The van der Waals surface area contributed by atoms with E-state index in [-0.39, 0.29) is 11.8 Å². The Morgan fingerprint density at radius 1 is 1.38 bits per heavy atom. The molecule has 126 valence electrons. The number of amides is 2. The molecule has 1 aliphatic heterocycles. The van der Waals surface area contributed by atoms with E-state index < -0.39 is 0 Å². The molecule has 7 nitrogen and oxygen atoms in total. The normalized spacial score (nSPS) is 14.2. The molecule has 0 atom stereocenters. The van der Waals surface area contributed by atoms with Gasteiger partial charge in [0, 0.05) is 31.6 Å². The minimum Gasteiger partial charge on any atom is -0.352 e. The van der Waals surface area contributed by atoms with E-state index in [2.05, 4.69) is 15.4 Å². The number of carbonyl (C=O) groups is 2. The van der Waals surface area contributed by atoms with Crippen LogP contribution in [0.4, 0.5) is 5.69 Å². The van der Waals surface area contributed by atoms with E-state index in [9.17, 15) is 9.59 Å². The summed E-state index contributed by atoms with van der Waals surface area (Å²) in [5.41, 5.74) is 1.10. The summed E-state index contributed by atoms with van der Waals surface area (Å²) >= 11 is 6.19. The predicted octanol–water partition coefficient (Wildman–Crippen LogP) is 1.88. The van der Waals surface area contributed by atoms with Crippen molar-refractivity contribution in [1.82, 2.24) is 20.1 Å². The molecular formula is C16H18ClN5O2. The molecule has 2 amide bonds. The summed E-state index contributed by atoms with van der Waals surface area (Å²) in [5.74, 6) is -0.138. The lowest BCUT2D eigenvalue weighted by atomic mass is 10.1. The van der Waals surface area contributed by atoms with Crippen molar-refractivity contribution >= 4 is 29.1 Å². The Kier molecular flexibility index (Phi) is 5.10. The van der Waals surface area contributed by atoms with Gasteiger partial charge in [0.25, 0.3) is 5.91 Å². The minimum absolute atomic E-state index is 0.0438. The zero-order chi connectivity index (χ0) is 16.9. The number of aromatic nitrogens is 3. The minimum atomic E-state index is -0.182. The van der Waals surface area contributed by atoms with Crippen LogP contribution in [-0.2, 0) is 11.3 Å². The largest absolute Gasteiger partial charge is 0.352 e. The van der Waals surface area contributed by atoms with Gasteiger partial charge in [0.1, 0.15) is 12.7 Å². The maximum absolute atomic E-state index is 12.3. The molecule has 0 radical (unpaired) electrons. The second-order valence-electron chi connectivity index (χ2n) is 5.58. The number of halogens is 1. The maximum atomic E-state index is 12.3. The summed E-state index contributed by atoms with van der Waals surface area (Å²) in [4.78, 5) is 29.7. The van der Waals surface area contributed by atoms with Crippen molar-refractivity contribution in [3.8, 4) is 0 Å². The van der Waals surface area contributed by atoms with E-state index in [0.29, 0.717) is 42.3 Å². The Bertz CT molecular complexity index is 732. The summed E-state index contributed by atoms with van der Waals surface area (Å²) in [6, 6.07) is 5.00. The summed E-state index contributed by atoms with van der Waals surface area (Å²) in [7, 11) is 0. The van der Waals surface area contributed by atoms with Crippen molar-refractivity contribution in [2.24, 2.45) is 0 Å². The first kappa shape index (κ1) is 16.4. The number of nitrogens with one attached hydrogen (secondary N) is 1. The van der Waals surface area contributed by atoms with Crippen LogP contribution in [0.1, 0.15) is 29.6 Å². The molecule has 1 fully saturated rings. The van der Waals surface area contributed by atoms with Gasteiger partial charge >= 0.3 is 0 Å². The van der Waals surface area contributed by atoms with Crippen molar-refractivity contribution in [3.63, 3.8) is 0 Å². The molecule has 0 aliphatic carbocycles. The first-order valence-corrected chi connectivity index (χ1v) is 8.23. The zero-order valence-corrected chi connectivity index (χ0v) is 13.9. The van der Waals surface area contributed by atoms with Gasteiger partial charge in [-0.25, -0.2) is 4.98 Å². The van der Waals surface area contributed by atoms with Crippen LogP contribution in [0.5, 0.6) is 0 Å². The number of carbonyl (C=O) groups excluding carboxylic acids is 2. The van der Waals surface area contributed by atoms with Crippen molar-refractivity contribution in [2.45, 2.75) is 25.8 Å². The van der Waals surface area contributed by atoms with E-state index in [1.165, 1.54) is 6.33 Å². The fourth-order valence-corrected chi connectivity index (χ4v) is 2.88. The molecule has 0 unspecified atom stereocenters. The standard InChI is InChI=1S/C16H18ClN5O2/c17-13-5-4-12(9-14(13)22-8-1-3-15(22)23)16(24)19-6-2-7-21-11-18-10-20-21/h4-5,9-11H,1-3,6-8H2,(H,19,24). The van der Waals surface area contributed by atoms with Gasteiger partial charge in [-0.2, -0.15) is 5.10 Å². The highest BCUT2D eigenvalue weighted by atomic mass is 35.5. The third-order valence-corrected chi connectivity index (χ3v) is 4.21. The number of hydrogen-bond donors (Lipinski definition) is 1. The lowest BCUT2D eigenvalue weighted by Gasteiger charge is -2.18. The Morgan fingerprint density at radius 2 is 2.25 bits per heavy atom. The fraction of sp³-hybridized carbons (Fsp3) is 0.375. The van der Waals surface area contributed by atoms with Gasteiger partial charge in [0.2, 0.25) is 5.91 Å². The molecule has 2 heterocycles. The van der Waals surface area contributed by atoms with Gasteiger partial charge in [-0.1, -0.05) is 11.6 Å². The van der Waals surface area contributed by atoms with Crippen LogP contribution in [0.3, 0.4) is 0 Å². The highest BCUT2D eigenvalue weighted by Gasteiger charge is 2.24. The van der Waals surface area contributed by atoms with Gasteiger partial charge in [-0.15, -0.1) is 0 Å². The molecule has 1 aromatic carbocycles. The van der Waals surface area contributed by atoms with Crippen LogP contribution < -0.4 is 10.2 Å². The van der Waals surface area contributed by atoms with Crippen molar-refractivity contribution < 1.29 is 9.59 Å². The number of anilines is 1. The molecule has 0 saturated carbocycles. The molecule has 3 rings (SSSR count). The van der Waals surface area contributed by atoms with Gasteiger partial charge in [-0.05, 0) is 31.0 Å². The molecule has 1 saturated heterocycles. The van der Waals surface area contributed by atoms with Gasteiger partial charge < -0.3 is 10.2 Å². The van der Waals surface area contributed by atoms with Gasteiger partial charge in [0.15, 0.2) is 0 Å². The van der Waals surface area contributed by atoms with Crippen LogP contribution in [0, 0.1) is 0 Å². The third kappa shape index (κ3) is 3.73. The first-order chi connectivity index (χ1) is 11.6. The Balaban J connectivity index is 1.59. The van der Waals surface area contributed by atoms with E-state index in [4.69, 9.17) is 11.6 Å². The van der Waals surface area contributed by atoms with Crippen molar-refractivity contribution in [1.29, 1.82) is 0 Å². The number of nitrogens with zero attached hydrogens (tertiary/aromatic N) is 4. The summed E-state index contributed by atoms with van der Waals surface area (Å²) < 4.78 is 1.71. The smallest absolute Gasteiger partial charge is 0.251 e. The number of rotatable bonds is 6. The topological polar surface area (TPSA) is 80.1 Å². The van der Waals surface area contributed by atoms with Crippen LogP contribution in [0.15, 0.2) is 30.9 Å². The van der Waals surface area contributed by atoms with Crippen LogP contribution in [0.2, 0.25) is 5.02 Å². The summed E-state index contributed by atoms with van der Waals surface area (Å²) in [5, 5.41) is 7.35. The Morgan fingerprint density at radius 3 is 2.96 bits per heavy atom. The second kappa shape index (κ2) is 7.44. The molecule has 24 heavy (non-hydrogen) atoms. The quantitative estimate of drug-likeness (QED) is 0.809. The molecule has 1 N–H and O–H groups in total. The highest BCUT2D eigenvalue weighted by Crippen LogP contribution is 2.30.